The molecular weight excluding hydrogens is 269 g/mol. The summed E-state index contributed by atoms with van der Waals surface area (Å²) >= 11 is 0. The Balaban J connectivity index is 2.61. The lowest BCUT2D eigenvalue weighted by Crippen LogP contribution is -2.10. The fourth-order valence-electron chi connectivity index (χ4n) is 1.67. The van der Waals surface area contributed by atoms with E-state index in [1.807, 2.05) is 0 Å². The van der Waals surface area contributed by atoms with Crippen LogP contribution in [-0.2, 0) is 6.18 Å². The molecular formula is C14H17F3N2O. The van der Waals surface area contributed by atoms with Gasteiger partial charge < -0.3 is 4.74 Å². The molecule has 110 valence electrons. The second-order valence-corrected chi connectivity index (χ2v) is 4.42. The van der Waals surface area contributed by atoms with E-state index in [0.29, 0.717) is 0 Å². The second-order valence-electron chi connectivity index (χ2n) is 4.42. The number of nitriles is 1. The van der Waals surface area contributed by atoms with Crippen LogP contribution in [0.25, 0.3) is 0 Å². The molecule has 1 heterocycles. The number of aromatic nitrogens is 1. The Bertz CT molecular complexity index is 466. The van der Waals surface area contributed by atoms with E-state index in [1.165, 1.54) is 0 Å². The number of halogens is 3. The van der Waals surface area contributed by atoms with Gasteiger partial charge in [-0.3, -0.25) is 0 Å². The van der Waals surface area contributed by atoms with Gasteiger partial charge in [-0.15, -0.1) is 0 Å². The lowest BCUT2D eigenvalue weighted by molar-refractivity contribution is -0.141. The van der Waals surface area contributed by atoms with Crippen molar-refractivity contribution in [2.24, 2.45) is 0 Å². The van der Waals surface area contributed by atoms with Crippen molar-refractivity contribution in [3.63, 3.8) is 0 Å². The fourth-order valence-corrected chi connectivity index (χ4v) is 1.67. The Morgan fingerprint density at radius 1 is 1.20 bits per heavy atom. The van der Waals surface area contributed by atoms with Crippen LogP contribution >= 0.6 is 0 Å². The highest BCUT2D eigenvalue weighted by Gasteiger charge is 2.33. The maximum absolute atomic E-state index is 12.5. The Labute approximate surface area is 116 Å². The van der Waals surface area contributed by atoms with Crippen LogP contribution < -0.4 is 4.74 Å². The summed E-state index contributed by atoms with van der Waals surface area (Å²) in [5.74, 6) is -0.238. The predicted molar refractivity (Wildman–Crippen MR) is 68.2 cm³/mol. The van der Waals surface area contributed by atoms with Crippen molar-refractivity contribution in [2.75, 3.05) is 6.61 Å². The van der Waals surface area contributed by atoms with Gasteiger partial charge in [0.15, 0.2) is 0 Å². The molecule has 0 aliphatic rings. The Hall–Kier alpha value is -1.77. The first-order valence-electron chi connectivity index (χ1n) is 6.60. The summed E-state index contributed by atoms with van der Waals surface area (Å²) in [6.45, 7) is 2.37. The molecule has 20 heavy (non-hydrogen) atoms. The van der Waals surface area contributed by atoms with E-state index >= 15 is 0 Å². The minimum atomic E-state index is -4.53. The molecule has 0 N–H and O–H groups in total. The summed E-state index contributed by atoms with van der Waals surface area (Å²) in [5, 5.41) is 8.83. The van der Waals surface area contributed by atoms with E-state index in [4.69, 9.17) is 10.00 Å². The molecule has 0 fully saturated rings. The van der Waals surface area contributed by atoms with E-state index in [0.717, 1.165) is 44.2 Å². The number of nitrogens with zero attached hydrogens (tertiary/aromatic N) is 2. The summed E-state index contributed by atoms with van der Waals surface area (Å²) in [6, 6.07) is 3.65. The number of alkyl halides is 3. The molecule has 1 rings (SSSR count). The zero-order chi connectivity index (χ0) is 15.0. The van der Waals surface area contributed by atoms with Gasteiger partial charge in [0.1, 0.15) is 17.3 Å². The highest BCUT2D eigenvalue weighted by atomic mass is 19.4. The molecule has 0 aromatic carbocycles. The van der Waals surface area contributed by atoms with Crippen LogP contribution in [0.4, 0.5) is 13.2 Å². The second kappa shape index (κ2) is 7.73. The van der Waals surface area contributed by atoms with Crippen LogP contribution in [0.1, 0.15) is 50.3 Å². The number of pyridine rings is 1. The van der Waals surface area contributed by atoms with Crippen LogP contribution in [0.15, 0.2) is 12.1 Å². The minimum Gasteiger partial charge on any atom is -0.477 e. The van der Waals surface area contributed by atoms with Crippen LogP contribution in [0.2, 0.25) is 0 Å². The normalized spacial score (nSPS) is 11.2. The molecule has 0 amide bonds. The predicted octanol–water partition coefficient (Wildman–Crippen LogP) is 4.32. The number of unbranched alkanes of at least 4 members (excludes halogenated alkanes) is 4. The van der Waals surface area contributed by atoms with Gasteiger partial charge in [-0.1, -0.05) is 32.6 Å². The molecule has 0 unspecified atom stereocenters. The van der Waals surface area contributed by atoms with Crippen molar-refractivity contribution in [2.45, 2.75) is 45.2 Å². The molecule has 0 saturated heterocycles. The first kappa shape index (κ1) is 16.3. The van der Waals surface area contributed by atoms with Crippen LogP contribution in [0.3, 0.4) is 0 Å². The Morgan fingerprint density at radius 3 is 2.50 bits per heavy atom. The Kier molecular flexibility index (Phi) is 6.29. The SMILES string of the molecule is CCCCCCCOc1nc(C(F)(F)F)ccc1C#N. The van der Waals surface area contributed by atoms with Gasteiger partial charge in [0.05, 0.1) is 6.61 Å². The average Bonchev–Trinajstić information content (AvgIpc) is 2.41. The zero-order valence-corrected chi connectivity index (χ0v) is 11.3. The highest BCUT2D eigenvalue weighted by molar-refractivity contribution is 5.39. The van der Waals surface area contributed by atoms with Gasteiger partial charge in [-0.2, -0.15) is 18.4 Å². The third-order valence-corrected chi connectivity index (χ3v) is 2.76. The van der Waals surface area contributed by atoms with Gasteiger partial charge in [0, 0.05) is 0 Å². The van der Waals surface area contributed by atoms with Gasteiger partial charge >= 0.3 is 6.18 Å². The molecule has 3 nitrogen and oxygen atoms in total. The number of rotatable bonds is 7. The standard InChI is InChI=1S/C14H17F3N2O/c1-2-3-4-5-6-9-20-13-11(10-18)7-8-12(19-13)14(15,16)17/h7-8H,2-6,9H2,1H3. The lowest BCUT2D eigenvalue weighted by atomic mass is 10.2. The van der Waals surface area contributed by atoms with Gasteiger partial charge in [0.2, 0.25) is 5.88 Å². The third kappa shape index (κ3) is 5.08. The average molecular weight is 286 g/mol. The van der Waals surface area contributed by atoms with Crippen molar-refractivity contribution in [3.05, 3.63) is 23.4 Å². The van der Waals surface area contributed by atoms with E-state index in [9.17, 15) is 13.2 Å². The molecule has 6 heteroatoms. The maximum atomic E-state index is 12.5. The van der Waals surface area contributed by atoms with Gasteiger partial charge in [-0.25, -0.2) is 4.98 Å². The molecule has 0 atom stereocenters. The van der Waals surface area contributed by atoms with E-state index < -0.39 is 11.9 Å². The van der Waals surface area contributed by atoms with Gasteiger partial charge in [0.25, 0.3) is 0 Å². The van der Waals surface area contributed by atoms with Crippen LogP contribution in [-0.4, -0.2) is 11.6 Å². The van der Waals surface area contributed by atoms with Crippen molar-refractivity contribution >= 4 is 0 Å². The molecule has 0 spiro atoms. The van der Waals surface area contributed by atoms with Crippen molar-refractivity contribution < 1.29 is 17.9 Å². The van der Waals surface area contributed by atoms with Gasteiger partial charge in [-0.05, 0) is 18.6 Å². The molecule has 0 aliphatic carbocycles. The summed E-state index contributed by atoms with van der Waals surface area (Å²) in [6.07, 6.45) is 0.478. The third-order valence-electron chi connectivity index (χ3n) is 2.76. The van der Waals surface area contributed by atoms with E-state index in [-0.39, 0.29) is 18.1 Å². The van der Waals surface area contributed by atoms with Crippen molar-refractivity contribution in [1.29, 1.82) is 5.26 Å². The summed E-state index contributed by atoms with van der Waals surface area (Å²) in [5.41, 5.74) is -1.02. The fraction of sp³-hybridized carbons (Fsp3) is 0.571. The molecule has 1 aromatic rings. The number of ether oxygens (including phenoxy) is 1. The Morgan fingerprint density at radius 2 is 1.90 bits per heavy atom. The van der Waals surface area contributed by atoms with E-state index in [2.05, 4.69) is 11.9 Å². The van der Waals surface area contributed by atoms with Crippen LogP contribution in [0.5, 0.6) is 5.88 Å². The van der Waals surface area contributed by atoms with Crippen LogP contribution in [0, 0.1) is 11.3 Å². The monoisotopic (exact) mass is 286 g/mol. The summed E-state index contributed by atoms with van der Waals surface area (Å²) in [4.78, 5) is 3.38. The van der Waals surface area contributed by atoms with Crippen molar-refractivity contribution in [3.8, 4) is 11.9 Å². The molecule has 1 aromatic heterocycles. The molecule has 0 radical (unpaired) electrons. The maximum Gasteiger partial charge on any atom is 0.433 e. The quantitative estimate of drug-likeness (QED) is 0.701. The largest absolute Gasteiger partial charge is 0.477 e. The highest BCUT2D eigenvalue weighted by Crippen LogP contribution is 2.30. The molecule has 0 aliphatic heterocycles. The zero-order valence-electron chi connectivity index (χ0n) is 11.3. The number of hydrogen-bond donors (Lipinski definition) is 0. The topological polar surface area (TPSA) is 45.9 Å². The molecule has 0 saturated carbocycles. The summed E-state index contributed by atoms with van der Waals surface area (Å²) < 4.78 is 42.8. The molecule has 0 bridgehead atoms. The minimum absolute atomic E-state index is 0.0200. The van der Waals surface area contributed by atoms with E-state index in [1.54, 1.807) is 6.07 Å². The smallest absolute Gasteiger partial charge is 0.433 e. The first-order valence-corrected chi connectivity index (χ1v) is 6.60. The number of hydrogen-bond acceptors (Lipinski definition) is 3. The lowest BCUT2D eigenvalue weighted by Gasteiger charge is -2.10. The first-order chi connectivity index (χ1) is 9.49. The summed E-state index contributed by atoms with van der Waals surface area (Å²) in [7, 11) is 0. The van der Waals surface area contributed by atoms with Crippen molar-refractivity contribution in [1.82, 2.24) is 4.98 Å².